The second kappa shape index (κ2) is 10.4. The summed E-state index contributed by atoms with van der Waals surface area (Å²) >= 11 is 0. The maximum absolute atomic E-state index is 10.6. The maximum atomic E-state index is 10.6. The molecule has 31 heavy (non-hydrogen) atoms. The number of benzene rings is 1. The first-order chi connectivity index (χ1) is 15.2. The van der Waals surface area contributed by atoms with E-state index in [1.54, 1.807) is 0 Å². The fourth-order valence-electron chi connectivity index (χ4n) is 4.37. The van der Waals surface area contributed by atoms with Gasteiger partial charge in [-0.3, -0.25) is 9.88 Å². The van der Waals surface area contributed by atoms with E-state index in [0.29, 0.717) is 18.4 Å². The lowest BCUT2D eigenvalue weighted by Crippen LogP contribution is -2.21. The van der Waals surface area contributed by atoms with E-state index in [1.807, 2.05) is 30.6 Å². The number of carbonyl (C=O) groups is 1. The van der Waals surface area contributed by atoms with Crippen LogP contribution in [0.1, 0.15) is 50.1 Å². The Hall–Kier alpha value is -2.99. The topological polar surface area (TPSA) is 75.6 Å². The zero-order valence-corrected chi connectivity index (χ0v) is 17.7. The van der Waals surface area contributed by atoms with Gasteiger partial charge in [0.1, 0.15) is 6.61 Å². The third-order valence-corrected chi connectivity index (χ3v) is 5.96. The number of hydrogen-bond donors (Lipinski definition) is 1. The molecule has 1 aromatic heterocycles. The quantitative estimate of drug-likeness (QED) is 0.632. The highest BCUT2D eigenvalue weighted by molar-refractivity contribution is 5.68. The summed E-state index contributed by atoms with van der Waals surface area (Å²) in [7, 11) is 0. The maximum Gasteiger partial charge on any atom is 0.329 e. The summed E-state index contributed by atoms with van der Waals surface area (Å²) < 4.78 is 5.30. The van der Waals surface area contributed by atoms with Gasteiger partial charge in [-0.25, -0.2) is 9.78 Å². The molecule has 0 amide bonds. The molecule has 0 aliphatic heterocycles. The standard InChI is InChI=1S/C25H29N3O3/c29-25(30)18-31-17-19-11-13-20(14-12-19)23-15-26-16-24(27-23)28(21-7-3-1-4-8-21)22-9-5-2-6-10-22/h1,3-5,7-10,15-16,19-20H,2,6,11-14,17-18H2,(H,29,30). The number of rotatable bonds is 8. The molecular formula is C25H29N3O3. The summed E-state index contributed by atoms with van der Waals surface area (Å²) in [4.78, 5) is 22.4. The summed E-state index contributed by atoms with van der Waals surface area (Å²) in [5.41, 5.74) is 3.23. The predicted molar refractivity (Wildman–Crippen MR) is 120 cm³/mol. The normalized spacial score (nSPS) is 20.8. The molecule has 6 nitrogen and oxygen atoms in total. The van der Waals surface area contributed by atoms with Crippen LogP contribution >= 0.6 is 0 Å². The highest BCUT2D eigenvalue weighted by atomic mass is 16.5. The van der Waals surface area contributed by atoms with Crippen LogP contribution in [-0.2, 0) is 9.53 Å². The molecule has 1 N–H and O–H groups in total. The number of nitrogens with zero attached hydrogens (tertiary/aromatic N) is 3. The van der Waals surface area contributed by atoms with E-state index in [4.69, 9.17) is 14.8 Å². The number of para-hydroxylation sites is 1. The molecular weight excluding hydrogens is 390 g/mol. The van der Waals surface area contributed by atoms with E-state index >= 15 is 0 Å². The van der Waals surface area contributed by atoms with Gasteiger partial charge in [-0.05, 0) is 62.7 Å². The molecule has 1 fully saturated rings. The summed E-state index contributed by atoms with van der Waals surface area (Å²) in [6.07, 6.45) is 16.5. The molecule has 1 aromatic carbocycles. The molecule has 2 aliphatic carbocycles. The Morgan fingerprint density at radius 1 is 1.10 bits per heavy atom. The molecule has 0 saturated heterocycles. The van der Waals surface area contributed by atoms with Gasteiger partial charge >= 0.3 is 5.97 Å². The minimum absolute atomic E-state index is 0.215. The Balaban J connectivity index is 1.49. The number of carboxylic acids is 1. The molecule has 1 saturated carbocycles. The predicted octanol–water partition coefficient (Wildman–Crippen LogP) is 5.22. The molecule has 6 heteroatoms. The number of ether oxygens (including phenoxy) is 1. The smallest absolute Gasteiger partial charge is 0.329 e. The van der Waals surface area contributed by atoms with Gasteiger partial charge in [0.15, 0.2) is 5.82 Å². The lowest BCUT2D eigenvalue weighted by molar-refractivity contribution is -0.142. The van der Waals surface area contributed by atoms with Crippen LogP contribution in [0.4, 0.5) is 11.5 Å². The summed E-state index contributed by atoms with van der Waals surface area (Å²) in [5, 5.41) is 8.73. The zero-order chi connectivity index (χ0) is 21.5. The lowest BCUT2D eigenvalue weighted by Gasteiger charge is -2.29. The van der Waals surface area contributed by atoms with Crippen LogP contribution in [0.2, 0.25) is 0 Å². The van der Waals surface area contributed by atoms with Crippen molar-refractivity contribution in [2.75, 3.05) is 18.1 Å². The van der Waals surface area contributed by atoms with Crippen molar-refractivity contribution >= 4 is 17.5 Å². The van der Waals surface area contributed by atoms with Gasteiger partial charge in [-0.15, -0.1) is 0 Å². The molecule has 2 aliphatic rings. The van der Waals surface area contributed by atoms with E-state index in [-0.39, 0.29) is 6.61 Å². The molecule has 2 aromatic rings. The SMILES string of the molecule is O=C(O)COCC1CCC(c2cncc(N(C3=CCCC=C3)c3ccccc3)n2)CC1. The van der Waals surface area contributed by atoms with E-state index < -0.39 is 5.97 Å². The summed E-state index contributed by atoms with van der Waals surface area (Å²) in [6.45, 7) is 0.306. The van der Waals surface area contributed by atoms with Crippen LogP contribution in [0, 0.1) is 5.92 Å². The number of anilines is 2. The second-order valence-corrected chi connectivity index (χ2v) is 8.21. The van der Waals surface area contributed by atoms with Crippen molar-refractivity contribution in [2.45, 2.75) is 44.4 Å². The highest BCUT2D eigenvalue weighted by Crippen LogP contribution is 2.37. The van der Waals surface area contributed by atoms with Crippen LogP contribution < -0.4 is 4.90 Å². The van der Waals surface area contributed by atoms with E-state index in [2.05, 4.69) is 40.2 Å². The van der Waals surface area contributed by atoms with Gasteiger partial charge in [-0.1, -0.05) is 30.4 Å². The molecule has 4 rings (SSSR count). The number of aliphatic carboxylic acids is 1. The minimum atomic E-state index is -0.910. The summed E-state index contributed by atoms with van der Waals surface area (Å²) in [6, 6.07) is 10.3. The van der Waals surface area contributed by atoms with Gasteiger partial charge in [-0.2, -0.15) is 0 Å². The fourth-order valence-corrected chi connectivity index (χ4v) is 4.37. The van der Waals surface area contributed by atoms with Crippen LogP contribution in [0.25, 0.3) is 0 Å². The van der Waals surface area contributed by atoms with Gasteiger partial charge in [0.25, 0.3) is 0 Å². The number of aromatic nitrogens is 2. The van der Waals surface area contributed by atoms with Crippen LogP contribution in [0.15, 0.2) is 66.7 Å². The third kappa shape index (κ3) is 5.58. The van der Waals surface area contributed by atoms with Crippen molar-refractivity contribution in [3.8, 4) is 0 Å². The van der Waals surface area contributed by atoms with Crippen molar-refractivity contribution in [3.63, 3.8) is 0 Å². The van der Waals surface area contributed by atoms with Crippen molar-refractivity contribution in [3.05, 3.63) is 72.3 Å². The van der Waals surface area contributed by atoms with Gasteiger partial charge in [0.05, 0.1) is 18.5 Å². The highest BCUT2D eigenvalue weighted by Gasteiger charge is 2.25. The number of carboxylic acid groups (broad SMARTS) is 1. The molecule has 1 heterocycles. The third-order valence-electron chi connectivity index (χ3n) is 5.96. The van der Waals surface area contributed by atoms with Crippen molar-refractivity contribution in [1.82, 2.24) is 9.97 Å². The first kappa shape index (κ1) is 21.2. The Morgan fingerprint density at radius 2 is 1.90 bits per heavy atom. The van der Waals surface area contributed by atoms with E-state index in [1.165, 1.54) is 0 Å². The number of hydrogen-bond acceptors (Lipinski definition) is 5. The van der Waals surface area contributed by atoms with Crippen molar-refractivity contribution in [1.29, 1.82) is 0 Å². The second-order valence-electron chi connectivity index (χ2n) is 8.21. The van der Waals surface area contributed by atoms with Gasteiger partial charge < -0.3 is 9.84 Å². The van der Waals surface area contributed by atoms with Crippen molar-refractivity contribution in [2.24, 2.45) is 5.92 Å². The summed E-state index contributed by atoms with van der Waals surface area (Å²) in [5.74, 6) is 0.724. The van der Waals surface area contributed by atoms with Crippen molar-refractivity contribution < 1.29 is 14.6 Å². The average molecular weight is 420 g/mol. The molecule has 0 unspecified atom stereocenters. The molecule has 0 bridgehead atoms. The molecule has 0 radical (unpaired) electrons. The Kier molecular flexibility index (Phi) is 7.10. The molecule has 0 spiro atoms. The lowest BCUT2D eigenvalue weighted by atomic mass is 9.81. The first-order valence-electron chi connectivity index (χ1n) is 11.0. The van der Waals surface area contributed by atoms with Gasteiger partial charge in [0, 0.05) is 23.5 Å². The number of allylic oxidation sites excluding steroid dienone is 3. The molecule has 162 valence electrons. The average Bonchev–Trinajstić information content (AvgIpc) is 2.81. The van der Waals surface area contributed by atoms with E-state index in [0.717, 1.165) is 61.4 Å². The van der Waals surface area contributed by atoms with Crippen LogP contribution in [-0.4, -0.2) is 34.3 Å². The Labute approximate surface area is 183 Å². The largest absolute Gasteiger partial charge is 0.480 e. The fraction of sp³-hybridized carbons (Fsp3) is 0.400. The Morgan fingerprint density at radius 3 is 2.61 bits per heavy atom. The van der Waals surface area contributed by atoms with Crippen LogP contribution in [0.5, 0.6) is 0 Å². The molecule has 0 atom stereocenters. The van der Waals surface area contributed by atoms with Gasteiger partial charge in [0.2, 0.25) is 0 Å². The zero-order valence-electron chi connectivity index (χ0n) is 17.7. The monoisotopic (exact) mass is 419 g/mol. The first-order valence-corrected chi connectivity index (χ1v) is 11.0. The minimum Gasteiger partial charge on any atom is -0.480 e. The van der Waals surface area contributed by atoms with Crippen LogP contribution in [0.3, 0.4) is 0 Å². The van der Waals surface area contributed by atoms with E-state index in [9.17, 15) is 4.79 Å². The Bertz CT molecular complexity index is 934.